The second kappa shape index (κ2) is 6.44. The summed E-state index contributed by atoms with van der Waals surface area (Å²) in [6.07, 6.45) is 1.72. The lowest BCUT2D eigenvalue weighted by atomic mass is 10.2. The number of benzene rings is 1. The number of hydrogen-bond donors (Lipinski definition) is 1. The predicted molar refractivity (Wildman–Crippen MR) is 88.2 cm³/mol. The molecule has 0 aliphatic heterocycles. The Morgan fingerprint density at radius 1 is 1.00 bits per heavy atom. The van der Waals surface area contributed by atoms with Crippen LogP contribution in [0.3, 0.4) is 0 Å². The molecule has 0 aliphatic rings. The van der Waals surface area contributed by atoms with E-state index in [-0.39, 0.29) is 0 Å². The summed E-state index contributed by atoms with van der Waals surface area (Å²) in [4.78, 5) is 8.74. The van der Waals surface area contributed by atoms with E-state index in [0.717, 1.165) is 27.8 Å². The quantitative estimate of drug-likeness (QED) is 0.772. The van der Waals surface area contributed by atoms with Crippen LogP contribution in [0.5, 0.6) is 11.6 Å². The summed E-state index contributed by atoms with van der Waals surface area (Å²) in [6, 6.07) is 11.5. The van der Waals surface area contributed by atoms with Crippen LogP contribution in [0, 0.1) is 0 Å². The van der Waals surface area contributed by atoms with E-state index in [2.05, 4.69) is 15.3 Å². The van der Waals surface area contributed by atoms with Crippen LogP contribution in [0.4, 0.5) is 10.8 Å². The molecule has 0 aliphatic carbocycles. The lowest BCUT2D eigenvalue weighted by Gasteiger charge is -2.03. The number of aromatic nitrogens is 2. The fourth-order valence-corrected chi connectivity index (χ4v) is 2.66. The molecule has 0 atom stereocenters. The van der Waals surface area contributed by atoms with Gasteiger partial charge in [0.1, 0.15) is 5.75 Å². The number of ether oxygens (including phenoxy) is 2. The maximum Gasteiger partial charge on any atom is 0.213 e. The van der Waals surface area contributed by atoms with E-state index in [9.17, 15) is 0 Å². The van der Waals surface area contributed by atoms with Crippen molar-refractivity contribution < 1.29 is 9.47 Å². The van der Waals surface area contributed by atoms with Gasteiger partial charge in [-0.2, -0.15) is 0 Å². The number of thiazole rings is 1. The molecule has 1 aromatic carbocycles. The number of rotatable bonds is 5. The van der Waals surface area contributed by atoms with Crippen LogP contribution in [-0.2, 0) is 0 Å². The average molecular weight is 313 g/mol. The second-order valence-corrected chi connectivity index (χ2v) is 5.34. The molecule has 0 saturated heterocycles. The van der Waals surface area contributed by atoms with Crippen LogP contribution in [0.25, 0.3) is 11.3 Å². The molecule has 0 unspecified atom stereocenters. The summed E-state index contributed by atoms with van der Waals surface area (Å²) in [5.74, 6) is 1.42. The van der Waals surface area contributed by atoms with Crippen molar-refractivity contribution in [3.63, 3.8) is 0 Å². The van der Waals surface area contributed by atoms with Crippen LogP contribution in [0.1, 0.15) is 0 Å². The van der Waals surface area contributed by atoms with E-state index in [0.29, 0.717) is 5.88 Å². The first kappa shape index (κ1) is 14.3. The van der Waals surface area contributed by atoms with Gasteiger partial charge in [0, 0.05) is 17.0 Å². The van der Waals surface area contributed by atoms with Crippen molar-refractivity contribution in [3.8, 4) is 22.9 Å². The van der Waals surface area contributed by atoms with Gasteiger partial charge < -0.3 is 14.8 Å². The summed E-state index contributed by atoms with van der Waals surface area (Å²) >= 11 is 1.55. The minimum absolute atomic E-state index is 0.587. The highest BCUT2D eigenvalue weighted by atomic mass is 32.1. The zero-order valence-electron chi connectivity index (χ0n) is 12.2. The van der Waals surface area contributed by atoms with Gasteiger partial charge in [-0.05, 0) is 30.3 Å². The molecule has 2 heterocycles. The van der Waals surface area contributed by atoms with Crippen LogP contribution in [0.15, 0.2) is 48.0 Å². The molecule has 1 N–H and O–H groups in total. The topological polar surface area (TPSA) is 56.3 Å². The van der Waals surface area contributed by atoms with E-state index in [1.54, 1.807) is 37.8 Å². The maximum absolute atomic E-state index is 5.16. The molecule has 0 bridgehead atoms. The molecule has 0 spiro atoms. The van der Waals surface area contributed by atoms with Gasteiger partial charge in [-0.1, -0.05) is 0 Å². The summed E-state index contributed by atoms with van der Waals surface area (Å²) in [5, 5.41) is 6.06. The third-order valence-corrected chi connectivity index (χ3v) is 3.84. The Balaban J connectivity index is 1.74. The smallest absolute Gasteiger partial charge is 0.213 e. The molecule has 0 amide bonds. The lowest BCUT2D eigenvalue weighted by molar-refractivity contribution is 0.398. The molecular formula is C16H15N3O2S. The van der Waals surface area contributed by atoms with E-state index in [4.69, 9.17) is 9.47 Å². The molecule has 0 fully saturated rings. The Labute approximate surface area is 132 Å². The number of nitrogens with one attached hydrogen (secondary N) is 1. The summed E-state index contributed by atoms with van der Waals surface area (Å²) in [5.41, 5.74) is 2.85. The van der Waals surface area contributed by atoms with Gasteiger partial charge in [-0.25, -0.2) is 9.97 Å². The van der Waals surface area contributed by atoms with Crippen molar-refractivity contribution in [3.05, 3.63) is 48.0 Å². The Kier molecular flexibility index (Phi) is 4.20. The fraction of sp³-hybridized carbons (Fsp3) is 0.125. The maximum atomic E-state index is 5.16. The first-order valence-electron chi connectivity index (χ1n) is 6.65. The van der Waals surface area contributed by atoms with Crippen LogP contribution >= 0.6 is 11.3 Å². The van der Waals surface area contributed by atoms with E-state index in [1.807, 2.05) is 35.7 Å². The lowest BCUT2D eigenvalue weighted by Crippen LogP contribution is -1.92. The second-order valence-electron chi connectivity index (χ2n) is 4.48. The Hall–Kier alpha value is -2.60. The largest absolute Gasteiger partial charge is 0.497 e. The van der Waals surface area contributed by atoms with Crippen LogP contribution in [0.2, 0.25) is 0 Å². The summed E-state index contributed by atoms with van der Waals surface area (Å²) in [7, 11) is 3.25. The number of methoxy groups -OCH3 is 2. The Morgan fingerprint density at radius 2 is 1.82 bits per heavy atom. The number of anilines is 2. The van der Waals surface area contributed by atoms with Crippen molar-refractivity contribution in [1.82, 2.24) is 9.97 Å². The van der Waals surface area contributed by atoms with E-state index < -0.39 is 0 Å². The van der Waals surface area contributed by atoms with Gasteiger partial charge in [-0.3, -0.25) is 0 Å². The third kappa shape index (κ3) is 3.17. The van der Waals surface area contributed by atoms with Gasteiger partial charge in [0.15, 0.2) is 5.13 Å². The SMILES string of the molecule is COc1ccc(-c2csc(Nc3ccc(OC)nc3)n2)cc1. The van der Waals surface area contributed by atoms with Gasteiger partial charge >= 0.3 is 0 Å². The minimum atomic E-state index is 0.587. The standard InChI is InChI=1S/C16H15N3O2S/c1-20-13-6-3-11(4-7-13)14-10-22-16(19-14)18-12-5-8-15(21-2)17-9-12/h3-10H,1-2H3,(H,18,19). The highest BCUT2D eigenvalue weighted by molar-refractivity contribution is 7.14. The monoisotopic (exact) mass is 313 g/mol. The van der Waals surface area contributed by atoms with E-state index in [1.165, 1.54) is 0 Å². The summed E-state index contributed by atoms with van der Waals surface area (Å²) < 4.78 is 10.2. The molecule has 3 aromatic rings. The summed E-state index contributed by atoms with van der Waals surface area (Å²) in [6.45, 7) is 0. The Bertz CT molecular complexity index is 739. The molecule has 5 nitrogen and oxygen atoms in total. The van der Waals surface area contributed by atoms with Crippen molar-refractivity contribution in [2.24, 2.45) is 0 Å². The highest BCUT2D eigenvalue weighted by Gasteiger charge is 2.05. The van der Waals surface area contributed by atoms with Gasteiger partial charge in [0.25, 0.3) is 0 Å². The van der Waals surface area contributed by atoms with Gasteiger partial charge in [0.2, 0.25) is 5.88 Å². The molecule has 6 heteroatoms. The van der Waals surface area contributed by atoms with Crippen molar-refractivity contribution in [2.75, 3.05) is 19.5 Å². The number of nitrogens with zero attached hydrogens (tertiary/aromatic N) is 2. The van der Waals surface area contributed by atoms with Crippen molar-refractivity contribution in [1.29, 1.82) is 0 Å². The van der Waals surface area contributed by atoms with Crippen LogP contribution in [-0.4, -0.2) is 24.2 Å². The zero-order valence-corrected chi connectivity index (χ0v) is 13.1. The molecule has 22 heavy (non-hydrogen) atoms. The van der Waals surface area contributed by atoms with Gasteiger partial charge in [-0.15, -0.1) is 11.3 Å². The van der Waals surface area contributed by atoms with Crippen LogP contribution < -0.4 is 14.8 Å². The molecule has 3 rings (SSSR count). The first-order chi connectivity index (χ1) is 10.8. The molecular weight excluding hydrogens is 298 g/mol. The number of hydrogen-bond acceptors (Lipinski definition) is 6. The molecule has 0 saturated carbocycles. The molecule has 0 radical (unpaired) electrons. The average Bonchev–Trinajstić information content (AvgIpc) is 3.04. The fourth-order valence-electron chi connectivity index (χ4n) is 1.92. The number of pyridine rings is 1. The highest BCUT2D eigenvalue weighted by Crippen LogP contribution is 2.28. The normalized spacial score (nSPS) is 10.3. The third-order valence-electron chi connectivity index (χ3n) is 3.09. The predicted octanol–water partition coefficient (Wildman–Crippen LogP) is 3.97. The van der Waals surface area contributed by atoms with Gasteiger partial charge in [0.05, 0.1) is 31.8 Å². The molecule has 2 aromatic heterocycles. The van der Waals surface area contributed by atoms with E-state index >= 15 is 0 Å². The zero-order chi connectivity index (χ0) is 15.4. The van der Waals surface area contributed by atoms with Crippen molar-refractivity contribution in [2.45, 2.75) is 0 Å². The Morgan fingerprint density at radius 3 is 2.45 bits per heavy atom. The van der Waals surface area contributed by atoms with Crippen molar-refractivity contribution >= 4 is 22.2 Å². The first-order valence-corrected chi connectivity index (χ1v) is 7.53. The minimum Gasteiger partial charge on any atom is -0.497 e. The molecule has 112 valence electrons.